The van der Waals surface area contributed by atoms with Gasteiger partial charge in [0.25, 0.3) is 11.8 Å². The van der Waals surface area contributed by atoms with E-state index in [1.165, 1.54) is 0 Å². The molecule has 9 nitrogen and oxygen atoms in total. The van der Waals surface area contributed by atoms with Crippen LogP contribution in [0.4, 0.5) is 5.69 Å². The Bertz CT molecular complexity index is 862. The fourth-order valence-corrected chi connectivity index (χ4v) is 3.81. The van der Waals surface area contributed by atoms with E-state index in [4.69, 9.17) is 10.5 Å². The summed E-state index contributed by atoms with van der Waals surface area (Å²) in [5.74, 6) is -2.05. The van der Waals surface area contributed by atoms with E-state index < -0.39 is 29.7 Å². The van der Waals surface area contributed by atoms with Gasteiger partial charge in [-0.25, -0.2) is 0 Å². The Labute approximate surface area is 161 Å². The number of hydrogen-bond donors (Lipinski definition) is 3. The predicted molar refractivity (Wildman–Crippen MR) is 98.6 cm³/mol. The summed E-state index contributed by atoms with van der Waals surface area (Å²) in [5, 5.41) is 5.43. The molecule has 0 saturated carbocycles. The third-order valence-electron chi connectivity index (χ3n) is 5.57. The van der Waals surface area contributed by atoms with Gasteiger partial charge in [0, 0.05) is 37.4 Å². The van der Waals surface area contributed by atoms with Crippen LogP contribution in [0.15, 0.2) is 18.2 Å². The highest BCUT2D eigenvalue weighted by molar-refractivity contribution is 6.23. The number of hydrogen-bond acceptors (Lipinski definition) is 7. The van der Waals surface area contributed by atoms with Crippen LogP contribution in [0.1, 0.15) is 46.4 Å². The lowest BCUT2D eigenvalue weighted by atomic mass is 9.91. The van der Waals surface area contributed by atoms with Gasteiger partial charge in [-0.05, 0) is 37.5 Å². The number of piperidine rings is 1. The van der Waals surface area contributed by atoms with Crippen LogP contribution in [0.2, 0.25) is 0 Å². The minimum Gasteiger partial charge on any atom is -0.383 e. The molecule has 1 aromatic carbocycles. The van der Waals surface area contributed by atoms with Gasteiger partial charge in [0.2, 0.25) is 11.8 Å². The van der Waals surface area contributed by atoms with Crippen molar-refractivity contribution >= 4 is 29.3 Å². The lowest BCUT2D eigenvalue weighted by molar-refractivity contribution is -0.136. The lowest BCUT2D eigenvalue weighted by Gasteiger charge is -2.33. The van der Waals surface area contributed by atoms with E-state index in [9.17, 15) is 19.2 Å². The summed E-state index contributed by atoms with van der Waals surface area (Å²) in [6.07, 6.45) is 1.72. The normalized spacial score (nSPS) is 24.2. The van der Waals surface area contributed by atoms with E-state index in [0.29, 0.717) is 25.4 Å². The highest BCUT2D eigenvalue weighted by Crippen LogP contribution is 2.30. The molecular weight excluding hydrogens is 364 g/mol. The lowest BCUT2D eigenvalue weighted by Crippen LogP contribution is -2.54. The van der Waals surface area contributed by atoms with Gasteiger partial charge in [0.1, 0.15) is 6.04 Å². The molecule has 3 aliphatic heterocycles. The van der Waals surface area contributed by atoms with E-state index in [0.717, 1.165) is 17.7 Å². The molecule has 0 aromatic heterocycles. The molecule has 2 saturated heterocycles. The van der Waals surface area contributed by atoms with Crippen LogP contribution < -0.4 is 16.4 Å². The topological polar surface area (TPSA) is 131 Å². The fraction of sp³-hybridized carbons (Fsp3) is 0.474. The number of benzene rings is 1. The zero-order valence-electron chi connectivity index (χ0n) is 15.3. The molecule has 1 atom stereocenters. The monoisotopic (exact) mass is 386 g/mol. The third kappa shape index (κ3) is 3.27. The predicted octanol–water partition coefficient (Wildman–Crippen LogP) is 0.00760. The molecule has 2 fully saturated rings. The molecule has 1 unspecified atom stereocenters. The molecule has 148 valence electrons. The van der Waals surface area contributed by atoms with Crippen molar-refractivity contribution in [3.05, 3.63) is 29.3 Å². The summed E-state index contributed by atoms with van der Waals surface area (Å²) >= 11 is 0. The molecule has 3 heterocycles. The van der Waals surface area contributed by atoms with Gasteiger partial charge in [-0.2, -0.15) is 0 Å². The number of amides is 4. The molecule has 28 heavy (non-hydrogen) atoms. The van der Waals surface area contributed by atoms with Crippen molar-refractivity contribution in [1.29, 1.82) is 0 Å². The number of nitrogens with zero attached hydrogens (tertiary/aromatic N) is 1. The first-order valence-corrected chi connectivity index (χ1v) is 9.34. The van der Waals surface area contributed by atoms with Crippen LogP contribution in [-0.4, -0.2) is 59.9 Å². The summed E-state index contributed by atoms with van der Waals surface area (Å²) in [6.45, 7) is 1.76. The van der Waals surface area contributed by atoms with Gasteiger partial charge in [0.15, 0.2) is 0 Å². The summed E-state index contributed by atoms with van der Waals surface area (Å²) < 4.78 is 5.34. The Kier molecular flexibility index (Phi) is 4.64. The number of rotatable bonds is 4. The van der Waals surface area contributed by atoms with Crippen LogP contribution >= 0.6 is 0 Å². The number of imide groups is 2. The third-order valence-corrected chi connectivity index (χ3v) is 5.57. The number of nitrogens with two attached hydrogens (primary N) is 1. The van der Waals surface area contributed by atoms with Crippen LogP contribution in [0.5, 0.6) is 0 Å². The first kappa shape index (κ1) is 18.6. The van der Waals surface area contributed by atoms with Gasteiger partial charge < -0.3 is 15.8 Å². The minimum atomic E-state index is -0.962. The highest BCUT2D eigenvalue weighted by atomic mass is 16.5. The molecule has 0 aliphatic carbocycles. The van der Waals surface area contributed by atoms with Crippen molar-refractivity contribution in [3.8, 4) is 0 Å². The van der Waals surface area contributed by atoms with E-state index in [1.807, 2.05) is 0 Å². The standard InChI is InChI=1S/C19H22N4O5/c20-19(5-7-28-8-6-19)10-21-11-1-2-12-13(9-11)18(27)23(17(12)26)14-3-4-15(24)22-16(14)25/h1-2,9,14,21H,3-8,10,20H2,(H,22,24,25). The van der Waals surface area contributed by atoms with Gasteiger partial charge in [-0.15, -0.1) is 0 Å². The number of ether oxygens (including phenoxy) is 1. The summed E-state index contributed by atoms with van der Waals surface area (Å²) in [4.78, 5) is 49.9. The van der Waals surface area contributed by atoms with Gasteiger partial charge >= 0.3 is 0 Å². The van der Waals surface area contributed by atoms with Crippen LogP contribution in [0.25, 0.3) is 0 Å². The molecule has 9 heteroatoms. The quantitative estimate of drug-likeness (QED) is 0.621. The van der Waals surface area contributed by atoms with Crippen molar-refractivity contribution in [3.63, 3.8) is 0 Å². The summed E-state index contributed by atoms with van der Waals surface area (Å²) in [6, 6.07) is 3.96. The molecule has 0 radical (unpaired) electrons. The van der Waals surface area contributed by atoms with E-state index in [2.05, 4.69) is 10.6 Å². The molecule has 1 aromatic rings. The first-order valence-electron chi connectivity index (χ1n) is 9.34. The van der Waals surface area contributed by atoms with Gasteiger partial charge in [0.05, 0.1) is 11.1 Å². The van der Waals surface area contributed by atoms with Crippen molar-refractivity contribution in [2.24, 2.45) is 5.73 Å². The maximum Gasteiger partial charge on any atom is 0.262 e. The molecule has 4 N–H and O–H groups in total. The van der Waals surface area contributed by atoms with Crippen LogP contribution in [0.3, 0.4) is 0 Å². The minimum absolute atomic E-state index is 0.0961. The Morgan fingerprint density at radius 3 is 2.57 bits per heavy atom. The van der Waals surface area contributed by atoms with Crippen LogP contribution in [0, 0.1) is 0 Å². The van der Waals surface area contributed by atoms with Crippen LogP contribution in [-0.2, 0) is 14.3 Å². The number of nitrogens with one attached hydrogen (secondary N) is 2. The highest BCUT2D eigenvalue weighted by Gasteiger charge is 2.44. The number of fused-ring (bicyclic) bond motifs is 1. The molecular formula is C19H22N4O5. The number of carbonyl (C=O) groups is 4. The van der Waals surface area contributed by atoms with Crippen molar-refractivity contribution in [2.45, 2.75) is 37.3 Å². The largest absolute Gasteiger partial charge is 0.383 e. The number of anilines is 1. The second-order valence-corrected chi connectivity index (χ2v) is 7.54. The molecule has 0 spiro atoms. The molecule has 4 amide bonds. The van der Waals surface area contributed by atoms with Gasteiger partial charge in [-0.1, -0.05) is 0 Å². The second kappa shape index (κ2) is 6.99. The maximum absolute atomic E-state index is 12.8. The van der Waals surface area contributed by atoms with E-state index in [1.54, 1.807) is 18.2 Å². The van der Waals surface area contributed by atoms with Crippen molar-refractivity contribution in [1.82, 2.24) is 10.2 Å². The van der Waals surface area contributed by atoms with Crippen molar-refractivity contribution < 1.29 is 23.9 Å². The Morgan fingerprint density at radius 1 is 1.14 bits per heavy atom. The zero-order valence-corrected chi connectivity index (χ0v) is 15.3. The SMILES string of the molecule is NC1(CNc2ccc3c(c2)C(=O)N(C2CCC(=O)NC2=O)C3=O)CCOCC1. The average Bonchev–Trinajstić information content (AvgIpc) is 2.92. The second-order valence-electron chi connectivity index (χ2n) is 7.54. The van der Waals surface area contributed by atoms with E-state index in [-0.39, 0.29) is 29.5 Å². The number of carbonyl (C=O) groups excluding carboxylic acids is 4. The Morgan fingerprint density at radius 2 is 1.86 bits per heavy atom. The molecule has 3 aliphatic rings. The Hall–Kier alpha value is -2.78. The average molecular weight is 386 g/mol. The fourth-order valence-electron chi connectivity index (χ4n) is 3.81. The van der Waals surface area contributed by atoms with E-state index >= 15 is 0 Å². The van der Waals surface area contributed by atoms with Crippen molar-refractivity contribution in [2.75, 3.05) is 25.1 Å². The van der Waals surface area contributed by atoms with Gasteiger partial charge in [-0.3, -0.25) is 29.4 Å². The molecule has 4 rings (SSSR count). The maximum atomic E-state index is 12.8. The Balaban J connectivity index is 1.51. The summed E-state index contributed by atoms with van der Waals surface area (Å²) in [7, 11) is 0. The zero-order chi connectivity index (χ0) is 19.9. The summed E-state index contributed by atoms with van der Waals surface area (Å²) in [5.41, 5.74) is 7.18. The first-order chi connectivity index (χ1) is 13.4. The molecule has 0 bridgehead atoms. The smallest absolute Gasteiger partial charge is 0.262 e.